The zero-order valence-electron chi connectivity index (χ0n) is 13.6. The van der Waals surface area contributed by atoms with Crippen LogP contribution >= 0.6 is 0 Å². The Labute approximate surface area is 124 Å². The quantitative estimate of drug-likeness (QED) is 0.879. The fourth-order valence-corrected chi connectivity index (χ4v) is 3.05. The Kier molecular flexibility index (Phi) is 5.22. The van der Waals surface area contributed by atoms with Gasteiger partial charge in [-0.1, -0.05) is 50.1 Å². The molecule has 0 amide bonds. The monoisotopic (exact) mass is 274 g/mol. The SMILES string of the molecule is CCC1(C)CCN(CC(NC)c2ccc(C)cc2)CC1. The molecule has 0 saturated carbocycles. The second-order valence-corrected chi connectivity index (χ2v) is 6.72. The molecule has 0 aromatic heterocycles. The third-order valence-electron chi connectivity index (χ3n) is 5.19. The van der Waals surface area contributed by atoms with Crippen LogP contribution in [0, 0.1) is 12.3 Å². The van der Waals surface area contributed by atoms with E-state index < -0.39 is 0 Å². The number of hydrogen-bond acceptors (Lipinski definition) is 2. The molecule has 1 N–H and O–H groups in total. The third-order valence-corrected chi connectivity index (χ3v) is 5.19. The predicted molar refractivity (Wildman–Crippen MR) is 87.1 cm³/mol. The second-order valence-electron chi connectivity index (χ2n) is 6.72. The molecule has 0 radical (unpaired) electrons. The van der Waals surface area contributed by atoms with Gasteiger partial charge in [0.2, 0.25) is 0 Å². The van der Waals surface area contributed by atoms with Crippen molar-refractivity contribution in [3.8, 4) is 0 Å². The molecule has 1 saturated heterocycles. The minimum atomic E-state index is 0.446. The van der Waals surface area contributed by atoms with E-state index in [1.807, 2.05) is 0 Å². The van der Waals surface area contributed by atoms with Gasteiger partial charge in [0.25, 0.3) is 0 Å². The predicted octanol–water partition coefficient (Wildman–Crippen LogP) is 3.77. The summed E-state index contributed by atoms with van der Waals surface area (Å²) < 4.78 is 0. The van der Waals surface area contributed by atoms with Crippen molar-refractivity contribution in [2.45, 2.75) is 46.1 Å². The molecule has 1 aliphatic rings. The maximum atomic E-state index is 3.48. The van der Waals surface area contributed by atoms with Gasteiger partial charge in [0.15, 0.2) is 0 Å². The van der Waals surface area contributed by atoms with Crippen molar-refractivity contribution in [1.82, 2.24) is 10.2 Å². The van der Waals surface area contributed by atoms with Crippen LogP contribution in [-0.2, 0) is 0 Å². The van der Waals surface area contributed by atoms with Crippen LogP contribution in [0.2, 0.25) is 0 Å². The Morgan fingerprint density at radius 2 is 1.80 bits per heavy atom. The summed E-state index contributed by atoms with van der Waals surface area (Å²) >= 11 is 0. The molecule has 2 rings (SSSR count). The van der Waals surface area contributed by atoms with E-state index in [0.717, 1.165) is 6.54 Å². The first-order chi connectivity index (χ1) is 9.56. The lowest BCUT2D eigenvalue weighted by Gasteiger charge is -2.40. The molecule has 0 bridgehead atoms. The van der Waals surface area contributed by atoms with Crippen LogP contribution in [0.3, 0.4) is 0 Å². The summed E-state index contributed by atoms with van der Waals surface area (Å²) in [4.78, 5) is 2.62. The van der Waals surface area contributed by atoms with Crippen molar-refractivity contribution < 1.29 is 0 Å². The number of aryl methyl sites for hydroxylation is 1. The van der Waals surface area contributed by atoms with Crippen LogP contribution < -0.4 is 5.32 Å². The number of benzene rings is 1. The molecule has 1 unspecified atom stereocenters. The normalized spacial score (nSPS) is 20.8. The van der Waals surface area contributed by atoms with Gasteiger partial charge < -0.3 is 10.2 Å². The highest BCUT2D eigenvalue weighted by Crippen LogP contribution is 2.34. The number of hydrogen-bond donors (Lipinski definition) is 1. The maximum Gasteiger partial charge on any atom is 0.0446 e. The lowest BCUT2D eigenvalue weighted by molar-refractivity contribution is 0.107. The molecular formula is C18H30N2. The summed E-state index contributed by atoms with van der Waals surface area (Å²) in [5.41, 5.74) is 3.32. The van der Waals surface area contributed by atoms with Crippen molar-refractivity contribution in [1.29, 1.82) is 0 Å². The Bertz CT molecular complexity index is 402. The van der Waals surface area contributed by atoms with Crippen LogP contribution in [0.15, 0.2) is 24.3 Å². The number of likely N-dealkylation sites (tertiary alicyclic amines) is 1. The zero-order valence-corrected chi connectivity index (χ0v) is 13.6. The smallest absolute Gasteiger partial charge is 0.0446 e. The van der Waals surface area contributed by atoms with Gasteiger partial charge in [0.1, 0.15) is 0 Å². The minimum absolute atomic E-state index is 0.446. The first-order valence-electron chi connectivity index (χ1n) is 8.02. The molecule has 2 heteroatoms. The highest BCUT2D eigenvalue weighted by Gasteiger charge is 2.29. The van der Waals surface area contributed by atoms with E-state index in [1.165, 1.54) is 43.5 Å². The van der Waals surface area contributed by atoms with E-state index in [-0.39, 0.29) is 0 Å². The molecular weight excluding hydrogens is 244 g/mol. The second kappa shape index (κ2) is 6.73. The Balaban J connectivity index is 1.93. The number of piperidine rings is 1. The van der Waals surface area contributed by atoms with Crippen LogP contribution in [0.5, 0.6) is 0 Å². The summed E-state index contributed by atoms with van der Waals surface area (Å²) in [6.45, 7) is 10.5. The van der Waals surface area contributed by atoms with Crippen molar-refractivity contribution >= 4 is 0 Å². The molecule has 1 fully saturated rings. The fraction of sp³-hybridized carbons (Fsp3) is 0.667. The van der Waals surface area contributed by atoms with E-state index in [2.05, 4.69) is 62.3 Å². The molecule has 1 heterocycles. The Hall–Kier alpha value is -0.860. The molecule has 1 aliphatic heterocycles. The molecule has 1 atom stereocenters. The Morgan fingerprint density at radius 3 is 2.30 bits per heavy atom. The molecule has 1 aromatic rings. The van der Waals surface area contributed by atoms with Gasteiger partial charge in [-0.15, -0.1) is 0 Å². The molecule has 2 nitrogen and oxygen atoms in total. The fourth-order valence-electron chi connectivity index (χ4n) is 3.05. The molecule has 0 aliphatic carbocycles. The number of nitrogens with zero attached hydrogens (tertiary/aromatic N) is 1. The van der Waals surface area contributed by atoms with Gasteiger partial charge in [-0.3, -0.25) is 0 Å². The largest absolute Gasteiger partial charge is 0.312 e. The standard InChI is InChI=1S/C18H30N2/c1-5-18(3)10-12-20(13-11-18)14-17(19-4)16-8-6-15(2)7-9-16/h6-9,17,19H,5,10-14H2,1-4H3. The number of nitrogens with one attached hydrogen (secondary N) is 1. The third kappa shape index (κ3) is 3.83. The summed E-state index contributed by atoms with van der Waals surface area (Å²) in [7, 11) is 2.07. The lowest BCUT2D eigenvalue weighted by atomic mass is 9.78. The maximum absolute atomic E-state index is 3.48. The van der Waals surface area contributed by atoms with Crippen molar-refractivity contribution in [3.05, 3.63) is 35.4 Å². The van der Waals surface area contributed by atoms with Gasteiger partial charge >= 0.3 is 0 Å². The molecule has 20 heavy (non-hydrogen) atoms. The number of rotatable bonds is 5. The first kappa shape index (κ1) is 15.5. The van der Waals surface area contributed by atoms with E-state index in [1.54, 1.807) is 0 Å². The Morgan fingerprint density at radius 1 is 1.20 bits per heavy atom. The summed E-state index contributed by atoms with van der Waals surface area (Å²) in [5, 5.41) is 3.48. The van der Waals surface area contributed by atoms with Crippen LogP contribution in [0.4, 0.5) is 0 Å². The van der Waals surface area contributed by atoms with E-state index >= 15 is 0 Å². The summed E-state index contributed by atoms with van der Waals surface area (Å²) in [6.07, 6.45) is 4.00. The topological polar surface area (TPSA) is 15.3 Å². The van der Waals surface area contributed by atoms with E-state index in [9.17, 15) is 0 Å². The average molecular weight is 274 g/mol. The van der Waals surface area contributed by atoms with Gasteiger partial charge in [0.05, 0.1) is 0 Å². The van der Waals surface area contributed by atoms with Crippen molar-refractivity contribution in [2.24, 2.45) is 5.41 Å². The van der Waals surface area contributed by atoms with E-state index in [0.29, 0.717) is 11.5 Å². The highest BCUT2D eigenvalue weighted by atomic mass is 15.2. The van der Waals surface area contributed by atoms with Crippen LogP contribution in [-0.4, -0.2) is 31.6 Å². The van der Waals surface area contributed by atoms with Crippen LogP contribution in [0.1, 0.15) is 50.3 Å². The van der Waals surface area contributed by atoms with Crippen molar-refractivity contribution in [3.63, 3.8) is 0 Å². The lowest BCUT2D eigenvalue weighted by Crippen LogP contribution is -2.42. The van der Waals surface area contributed by atoms with Gasteiger partial charge in [-0.05, 0) is 50.9 Å². The van der Waals surface area contributed by atoms with Gasteiger partial charge in [0, 0.05) is 12.6 Å². The van der Waals surface area contributed by atoms with Crippen LogP contribution in [0.25, 0.3) is 0 Å². The van der Waals surface area contributed by atoms with Gasteiger partial charge in [-0.25, -0.2) is 0 Å². The molecule has 1 aromatic carbocycles. The van der Waals surface area contributed by atoms with Crippen molar-refractivity contribution in [2.75, 3.05) is 26.7 Å². The summed E-state index contributed by atoms with van der Waals surface area (Å²) in [5.74, 6) is 0. The molecule has 0 spiro atoms. The average Bonchev–Trinajstić information content (AvgIpc) is 2.48. The van der Waals surface area contributed by atoms with Gasteiger partial charge in [-0.2, -0.15) is 0 Å². The highest BCUT2D eigenvalue weighted by molar-refractivity contribution is 5.24. The summed E-state index contributed by atoms with van der Waals surface area (Å²) in [6, 6.07) is 9.39. The minimum Gasteiger partial charge on any atom is -0.312 e. The number of likely N-dealkylation sites (N-methyl/N-ethyl adjacent to an activating group) is 1. The first-order valence-corrected chi connectivity index (χ1v) is 8.02. The zero-order chi connectivity index (χ0) is 14.6. The van der Waals surface area contributed by atoms with E-state index in [4.69, 9.17) is 0 Å². The molecule has 112 valence electrons.